The molecule has 2 heteroatoms. The van der Waals surface area contributed by atoms with E-state index in [1.54, 1.807) is 0 Å². The van der Waals surface area contributed by atoms with E-state index in [-0.39, 0.29) is 0 Å². The molecule has 0 aliphatic heterocycles. The summed E-state index contributed by atoms with van der Waals surface area (Å²) in [5.41, 5.74) is 10.9. The summed E-state index contributed by atoms with van der Waals surface area (Å²) in [6.07, 6.45) is 0. The molecule has 12 aromatic rings. The van der Waals surface area contributed by atoms with Gasteiger partial charge in [-0.25, -0.2) is 0 Å². The first-order valence-corrected chi connectivity index (χ1v) is 18.5. The second-order valence-electron chi connectivity index (χ2n) is 14.4. The lowest BCUT2D eigenvalue weighted by Crippen LogP contribution is -1.91. The Morgan fingerprint density at radius 1 is 0.241 bits per heavy atom. The lowest BCUT2D eigenvalue weighted by Gasteiger charge is -2.18. The highest BCUT2D eigenvalue weighted by molar-refractivity contribution is 6.23. The molecule has 54 heavy (non-hydrogen) atoms. The standard InChI is InChI=1S/C52H30O2/c1-2-11-35-30-49-46(27-34(35)10-1)45-28-36(22-25-47(45)53-49)31-17-19-33(20-18-31)50-39-13-5-7-15-41(39)51(42-16-8-6-14-40(42)50)37-23-26-48-44(29-37)43-24-21-32-9-3-4-12-38(32)52(43)54-48/h1-30H. The zero-order valence-electron chi connectivity index (χ0n) is 29.1. The zero-order valence-corrected chi connectivity index (χ0v) is 29.1. The summed E-state index contributed by atoms with van der Waals surface area (Å²) in [5.74, 6) is 0. The number of benzene rings is 10. The van der Waals surface area contributed by atoms with Gasteiger partial charge in [0.1, 0.15) is 22.3 Å². The molecule has 0 atom stereocenters. The van der Waals surface area contributed by atoms with Crippen LogP contribution in [-0.4, -0.2) is 0 Å². The average Bonchev–Trinajstić information content (AvgIpc) is 3.79. The van der Waals surface area contributed by atoms with Crippen molar-refractivity contribution in [1.29, 1.82) is 0 Å². The maximum absolute atomic E-state index is 6.50. The summed E-state index contributed by atoms with van der Waals surface area (Å²) in [7, 11) is 0. The van der Waals surface area contributed by atoms with Gasteiger partial charge in [-0.1, -0.05) is 140 Å². The molecule has 0 spiro atoms. The van der Waals surface area contributed by atoms with Crippen LogP contribution in [0.25, 0.3) is 120 Å². The Labute approximate surface area is 310 Å². The van der Waals surface area contributed by atoms with Crippen molar-refractivity contribution in [3.05, 3.63) is 182 Å². The smallest absolute Gasteiger partial charge is 0.143 e. The summed E-state index contributed by atoms with van der Waals surface area (Å²) in [5, 5.41) is 14.2. The third kappa shape index (κ3) is 4.28. The van der Waals surface area contributed by atoms with Crippen LogP contribution in [0.5, 0.6) is 0 Å². The minimum absolute atomic E-state index is 0.907. The van der Waals surface area contributed by atoms with Crippen LogP contribution in [0, 0.1) is 0 Å². The lowest BCUT2D eigenvalue weighted by molar-refractivity contribution is 0.669. The Balaban J connectivity index is 1.01. The van der Waals surface area contributed by atoms with E-state index in [0.29, 0.717) is 0 Å². The van der Waals surface area contributed by atoms with Crippen LogP contribution in [0.3, 0.4) is 0 Å². The molecule has 0 amide bonds. The molecule has 0 bridgehead atoms. The SMILES string of the molecule is c1ccc2cc3c(cc2c1)oc1ccc(-c2ccc(-c4c5ccccc5c(-c5ccc6oc7c8ccccc8ccc7c6c5)c5ccccc45)cc2)cc13. The van der Waals surface area contributed by atoms with Gasteiger partial charge >= 0.3 is 0 Å². The van der Waals surface area contributed by atoms with Gasteiger partial charge in [0.2, 0.25) is 0 Å². The Bertz CT molecular complexity index is 3430. The van der Waals surface area contributed by atoms with E-state index in [1.165, 1.54) is 71.1 Å². The fourth-order valence-electron chi connectivity index (χ4n) is 8.88. The molecule has 12 rings (SSSR count). The van der Waals surface area contributed by atoms with E-state index in [2.05, 4.69) is 182 Å². The van der Waals surface area contributed by atoms with Gasteiger partial charge in [-0.05, 0) is 114 Å². The molecule has 0 aliphatic carbocycles. The van der Waals surface area contributed by atoms with Crippen LogP contribution in [0.4, 0.5) is 0 Å². The zero-order chi connectivity index (χ0) is 35.3. The van der Waals surface area contributed by atoms with Crippen LogP contribution < -0.4 is 0 Å². The van der Waals surface area contributed by atoms with E-state index in [0.717, 1.165) is 49.3 Å². The number of furan rings is 2. The minimum Gasteiger partial charge on any atom is -0.456 e. The van der Waals surface area contributed by atoms with E-state index in [4.69, 9.17) is 8.83 Å². The van der Waals surface area contributed by atoms with Crippen molar-refractivity contribution in [3.8, 4) is 33.4 Å². The van der Waals surface area contributed by atoms with Crippen molar-refractivity contribution in [2.45, 2.75) is 0 Å². The van der Waals surface area contributed by atoms with Gasteiger partial charge in [0.05, 0.1) is 0 Å². The van der Waals surface area contributed by atoms with Gasteiger partial charge in [0, 0.05) is 26.9 Å². The molecule has 2 nitrogen and oxygen atoms in total. The molecule has 0 saturated heterocycles. The molecule has 250 valence electrons. The molecule has 0 radical (unpaired) electrons. The van der Waals surface area contributed by atoms with E-state index < -0.39 is 0 Å². The fourth-order valence-corrected chi connectivity index (χ4v) is 8.88. The molecule has 0 saturated carbocycles. The molecule has 0 aliphatic rings. The Morgan fingerprint density at radius 3 is 1.43 bits per heavy atom. The largest absolute Gasteiger partial charge is 0.456 e. The molecular weight excluding hydrogens is 657 g/mol. The predicted octanol–water partition coefficient (Wildman–Crippen LogP) is 15.1. The third-order valence-corrected chi connectivity index (χ3v) is 11.4. The van der Waals surface area contributed by atoms with E-state index in [9.17, 15) is 0 Å². The molecule has 0 fully saturated rings. The van der Waals surface area contributed by atoms with E-state index in [1.807, 2.05) is 0 Å². The van der Waals surface area contributed by atoms with Gasteiger partial charge in [-0.3, -0.25) is 0 Å². The Hall–Kier alpha value is -7.16. The monoisotopic (exact) mass is 686 g/mol. The van der Waals surface area contributed by atoms with Crippen molar-refractivity contribution < 1.29 is 8.83 Å². The van der Waals surface area contributed by atoms with Crippen molar-refractivity contribution in [2.24, 2.45) is 0 Å². The number of rotatable bonds is 3. The summed E-state index contributed by atoms with van der Waals surface area (Å²) >= 11 is 0. The van der Waals surface area contributed by atoms with Crippen molar-refractivity contribution in [1.82, 2.24) is 0 Å². The Morgan fingerprint density at radius 2 is 0.722 bits per heavy atom. The highest BCUT2D eigenvalue weighted by Crippen LogP contribution is 2.45. The van der Waals surface area contributed by atoms with Crippen LogP contribution in [-0.2, 0) is 0 Å². The molecule has 10 aromatic carbocycles. The van der Waals surface area contributed by atoms with Gasteiger partial charge in [0.15, 0.2) is 0 Å². The van der Waals surface area contributed by atoms with Gasteiger partial charge in [0.25, 0.3) is 0 Å². The van der Waals surface area contributed by atoms with Crippen molar-refractivity contribution >= 4 is 87.0 Å². The van der Waals surface area contributed by atoms with Crippen LogP contribution in [0.15, 0.2) is 191 Å². The summed E-state index contributed by atoms with van der Waals surface area (Å²) in [6, 6.07) is 65.7. The summed E-state index contributed by atoms with van der Waals surface area (Å²) < 4.78 is 12.8. The summed E-state index contributed by atoms with van der Waals surface area (Å²) in [4.78, 5) is 0. The molecule has 2 heterocycles. The molecular formula is C52H30O2. The molecule has 0 unspecified atom stereocenters. The second kappa shape index (κ2) is 11.2. The number of hydrogen-bond acceptors (Lipinski definition) is 2. The predicted molar refractivity (Wildman–Crippen MR) is 227 cm³/mol. The normalized spacial score (nSPS) is 12.1. The quantitative estimate of drug-likeness (QED) is 0.173. The van der Waals surface area contributed by atoms with Crippen LogP contribution >= 0.6 is 0 Å². The molecule has 0 N–H and O–H groups in total. The average molecular weight is 687 g/mol. The molecule has 2 aromatic heterocycles. The Kier molecular flexibility index (Phi) is 6.09. The number of hydrogen-bond donors (Lipinski definition) is 0. The minimum atomic E-state index is 0.907. The maximum Gasteiger partial charge on any atom is 0.143 e. The first-order chi connectivity index (χ1) is 26.7. The maximum atomic E-state index is 6.50. The van der Waals surface area contributed by atoms with Crippen molar-refractivity contribution in [2.75, 3.05) is 0 Å². The van der Waals surface area contributed by atoms with Crippen LogP contribution in [0.1, 0.15) is 0 Å². The van der Waals surface area contributed by atoms with Crippen molar-refractivity contribution in [3.63, 3.8) is 0 Å². The van der Waals surface area contributed by atoms with E-state index >= 15 is 0 Å². The first kappa shape index (κ1) is 29.4. The first-order valence-electron chi connectivity index (χ1n) is 18.5. The van der Waals surface area contributed by atoms with Gasteiger partial charge in [-0.15, -0.1) is 0 Å². The third-order valence-electron chi connectivity index (χ3n) is 11.4. The highest BCUT2D eigenvalue weighted by Gasteiger charge is 2.19. The topological polar surface area (TPSA) is 26.3 Å². The lowest BCUT2D eigenvalue weighted by atomic mass is 9.85. The van der Waals surface area contributed by atoms with Crippen LogP contribution in [0.2, 0.25) is 0 Å². The van der Waals surface area contributed by atoms with Gasteiger partial charge < -0.3 is 8.83 Å². The second-order valence-corrected chi connectivity index (χ2v) is 14.4. The number of fused-ring (bicyclic) bond motifs is 11. The summed E-state index contributed by atoms with van der Waals surface area (Å²) in [6.45, 7) is 0. The van der Waals surface area contributed by atoms with Gasteiger partial charge in [-0.2, -0.15) is 0 Å². The highest BCUT2D eigenvalue weighted by atomic mass is 16.3. The fraction of sp³-hybridized carbons (Fsp3) is 0.